The van der Waals surface area contributed by atoms with Crippen molar-refractivity contribution in [3.63, 3.8) is 0 Å². The summed E-state index contributed by atoms with van der Waals surface area (Å²) in [7, 11) is 7.48. The summed E-state index contributed by atoms with van der Waals surface area (Å²) in [5.41, 5.74) is 20.6. The fraction of sp³-hybridized carbons (Fsp3) is 0.380. The summed E-state index contributed by atoms with van der Waals surface area (Å²) in [4.78, 5) is 41.8. The van der Waals surface area contributed by atoms with Crippen LogP contribution in [0.5, 0.6) is 0 Å². The van der Waals surface area contributed by atoms with Crippen molar-refractivity contribution in [1.82, 2.24) is 54.1 Å². The molecule has 0 aromatic carbocycles. The third-order valence-electron chi connectivity index (χ3n) is 13.3. The van der Waals surface area contributed by atoms with Crippen molar-refractivity contribution in [2.75, 3.05) is 10.6 Å². The SMILES string of the molecule is Cc1nc(-c2nn(C)cc2NC(=O)c2nc(-c3c(C)nn(C)c3C)sc2C)c(C)c(C)c1C.Cc1nc(-c2nn(C)cc2NC(=O)c2oc(-c3c(C)nn(C)c3C)c(C)c2C)c(C)c(C)c1C. The van der Waals surface area contributed by atoms with E-state index < -0.39 is 0 Å². The summed E-state index contributed by atoms with van der Waals surface area (Å²) >= 11 is 1.50. The molecule has 0 unspecified atom stereocenters. The number of pyridine rings is 2. The second kappa shape index (κ2) is 18.0. The zero-order valence-electron chi connectivity index (χ0n) is 42.2. The zero-order chi connectivity index (χ0) is 49.2. The molecule has 8 aromatic heterocycles. The van der Waals surface area contributed by atoms with Crippen molar-refractivity contribution in [1.29, 1.82) is 0 Å². The van der Waals surface area contributed by atoms with E-state index in [1.807, 2.05) is 114 Å². The molecule has 0 fully saturated rings. The van der Waals surface area contributed by atoms with Gasteiger partial charge in [0.05, 0.1) is 45.3 Å². The highest BCUT2D eigenvalue weighted by Gasteiger charge is 2.28. The van der Waals surface area contributed by atoms with Crippen molar-refractivity contribution in [3.8, 4) is 44.7 Å². The van der Waals surface area contributed by atoms with Crippen LogP contribution in [0.4, 0.5) is 11.4 Å². The second-order valence-electron chi connectivity index (χ2n) is 17.7. The number of furan rings is 1. The molecule has 0 bridgehead atoms. The quantitative estimate of drug-likeness (QED) is 0.149. The van der Waals surface area contributed by atoms with Crippen molar-refractivity contribution < 1.29 is 14.0 Å². The predicted molar refractivity (Wildman–Crippen MR) is 265 cm³/mol. The highest BCUT2D eigenvalue weighted by molar-refractivity contribution is 7.15. The lowest BCUT2D eigenvalue weighted by atomic mass is 10.00. The third kappa shape index (κ3) is 8.63. The summed E-state index contributed by atoms with van der Waals surface area (Å²) in [6.07, 6.45) is 3.59. The van der Waals surface area contributed by atoms with Gasteiger partial charge in [-0.25, -0.2) is 4.98 Å². The van der Waals surface area contributed by atoms with E-state index in [0.717, 1.165) is 94.4 Å². The number of nitrogens with one attached hydrogen (secondary N) is 2. The van der Waals surface area contributed by atoms with Crippen molar-refractivity contribution in [3.05, 3.63) is 107 Å². The van der Waals surface area contributed by atoms with Gasteiger partial charge in [0.25, 0.3) is 11.8 Å². The van der Waals surface area contributed by atoms with E-state index >= 15 is 0 Å². The normalized spacial score (nSPS) is 11.3. The molecule has 17 heteroatoms. The average molecular weight is 924 g/mol. The zero-order valence-corrected chi connectivity index (χ0v) is 43.0. The van der Waals surface area contributed by atoms with E-state index in [9.17, 15) is 9.59 Å². The first-order valence-electron chi connectivity index (χ1n) is 22.1. The molecule has 0 aliphatic heterocycles. The Morgan fingerprint density at radius 2 is 0.940 bits per heavy atom. The van der Waals surface area contributed by atoms with E-state index in [-0.39, 0.29) is 17.6 Å². The molecule has 16 nitrogen and oxygen atoms in total. The van der Waals surface area contributed by atoms with Crippen LogP contribution in [0.25, 0.3) is 44.7 Å². The molecule has 8 aromatic rings. The van der Waals surface area contributed by atoms with Gasteiger partial charge in [-0.15, -0.1) is 11.3 Å². The van der Waals surface area contributed by atoms with E-state index in [2.05, 4.69) is 63.7 Å². The van der Waals surface area contributed by atoms with Crippen LogP contribution in [0, 0.1) is 104 Å². The number of hydrogen-bond acceptors (Lipinski definition) is 11. The molecule has 67 heavy (non-hydrogen) atoms. The molecule has 0 saturated carbocycles. The number of amides is 2. The summed E-state index contributed by atoms with van der Waals surface area (Å²) < 4.78 is 13.2. The molecular weight excluding hydrogens is 863 g/mol. The van der Waals surface area contributed by atoms with Crippen LogP contribution in [0.15, 0.2) is 16.8 Å². The molecule has 0 aliphatic carbocycles. The molecule has 8 heterocycles. The summed E-state index contributed by atoms with van der Waals surface area (Å²) in [5, 5.41) is 25.0. The number of hydrogen-bond donors (Lipinski definition) is 2. The summed E-state index contributed by atoms with van der Waals surface area (Å²) in [6.45, 7) is 30.1. The Morgan fingerprint density at radius 3 is 1.39 bits per heavy atom. The second-order valence-corrected chi connectivity index (χ2v) is 18.9. The van der Waals surface area contributed by atoms with E-state index in [1.54, 1.807) is 21.8 Å². The molecule has 0 spiro atoms. The van der Waals surface area contributed by atoms with Gasteiger partial charge in [0, 0.05) is 73.8 Å². The van der Waals surface area contributed by atoms with Gasteiger partial charge in [0.2, 0.25) is 0 Å². The predicted octanol–water partition coefficient (Wildman–Crippen LogP) is 9.95. The minimum Gasteiger partial charge on any atom is -0.450 e. The average Bonchev–Trinajstić information content (AvgIpc) is 4.10. The van der Waals surface area contributed by atoms with Crippen LogP contribution in [0.3, 0.4) is 0 Å². The number of rotatable bonds is 8. The van der Waals surface area contributed by atoms with Crippen molar-refractivity contribution in [2.24, 2.45) is 28.2 Å². The Balaban J connectivity index is 0.000000199. The fourth-order valence-corrected chi connectivity index (χ4v) is 9.47. The van der Waals surface area contributed by atoms with E-state index in [4.69, 9.17) is 14.4 Å². The lowest BCUT2D eigenvalue weighted by Crippen LogP contribution is -2.14. The van der Waals surface area contributed by atoms with Crippen LogP contribution in [-0.4, -0.2) is 65.9 Å². The molecule has 350 valence electrons. The number of carbonyl (C=O) groups is 2. The number of nitrogens with zero attached hydrogens (tertiary/aromatic N) is 11. The first-order valence-corrected chi connectivity index (χ1v) is 22.9. The topological polar surface area (TPSA) is 181 Å². The summed E-state index contributed by atoms with van der Waals surface area (Å²) in [5.74, 6) is 0.380. The minimum absolute atomic E-state index is 0.262. The highest BCUT2D eigenvalue weighted by Crippen LogP contribution is 2.37. The number of carbonyl (C=O) groups excluding carboxylic acids is 2. The third-order valence-corrected chi connectivity index (χ3v) is 14.3. The molecule has 2 amide bonds. The molecule has 2 N–H and O–H groups in total. The smallest absolute Gasteiger partial charge is 0.291 e. The van der Waals surface area contributed by atoms with E-state index in [0.29, 0.717) is 34.2 Å². The van der Waals surface area contributed by atoms with Gasteiger partial charge < -0.3 is 15.1 Å². The molecule has 0 radical (unpaired) electrons. The van der Waals surface area contributed by atoms with Crippen LogP contribution < -0.4 is 10.6 Å². The summed E-state index contributed by atoms with van der Waals surface area (Å²) in [6, 6.07) is 0. The van der Waals surface area contributed by atoms with Gasteiger partial charge in [-0.3, -0.25) is 38.3 Å². The van der Waals surface area contributed by atoms with Gasteiger partial charge in [-0.05, 0) is 143 Å². The van der Waals surface area contributed by atoms with Gasteiger partial charge in [0.1, 0.15) is 27.8 Å². The Kier molecular flexibility index (Phi) is 12.9. The lowest BCUT2D eigenvalue weighted by Gasteiger charge is -2.13. The van der Waals surface area contributed by atoms with Crippen molar-refractivity contribution >= 4 is 34.5 Å². The van der Waals surface area contributed by atoms with Crippen LogP contribution >= 0.6 is 11.3 Å². The van der Waals surface area contributed by atoms with Gasteiger partial charge in [0.15, 0.2) is 5.76 Å². The van der Waals surface area contributed by atoms with Gasteiger partial charge in [-0.2, -0.15) is 20.4 Å². The molecule has 0 saturated heterocycles. The molecular formula is C50H61N13O3S. The Bertz CT molecular complexity index is 3290. The van der Waals surface area contributed by atoms with Crippen LogP contribution in [0.1, 0.15) is 105 Å². The van der Waals surface area contributed by atoms with Gasteiger partial charge in [-0.1, -0.05) is 0 Å². The lowest BCUT2D eigenvalue weighted by molar-refractivity contribution is 0.0994. The van der Waals surface area contributed by atoms with Gasteiger partial charge >= 0.3 is 0 Å². The Labute approximate surface area is 395 Å². The minimum atomic E-state index is -0.321. The van der Waals surface area contributed by atoms with Crippen molar-refractivity contribution in [2.45, 2.75) is 104 Å². The Morgan fingerprint density at radius 1 is 0.493 bits per heavy atom. The highest BCUT2D eigenvalue weighted by atomic mass is 32.1. The maximum absolute atomic E-state index is 13.4. The van der Waals surface area contributed by atoms with Crippen LogP contribution in [-0.2, 0) is 28.2 Å². The largest absolute Gasteiger partial charge is 0.450 e. The first kappa shape index (κ1) is 47.9. The number of aromatic nitrogens is 11. The Hall–Kier alpha value is -7.01. The maximum Gasteiger partial charge on any atom is 0.291 e. The van der Waals surface area contributed by atoms with E-state index in [1.165, 1.54) is 28.0 Å². The van der Waals surface area contributed by atoms with Crippen LogP contribution in [0.2, 0.25) is 0 Å². The first-order chi connectivity index (χ1) is 31.4. The standard InChI is InChI=1S/C26H32N6O2.C24H29N7OS/c1-12-13(2)17(6)27-22(14(12)3)23-20(11-31(9)30-23)28-26(33)25-16(5)15(4)24(34-25)21-18(7)29-32(10)19(21)8;1-11-12(2)14(4)25-20(13(11)3)22-18(10-30(8)29-22)26-23(32)21-17(7)33-24(27-21)19-15(5)28-31(9)16(19)6/h11H,1-10H3,(H,28,33);10H,1-9H3,(H,26,32). The fourth-order valence-electron chi connectivity index (χ4n) is 8.41. The monoisotopic (exact) mass is 923 g/mol. The molecule has 0 aliphatic rings. The number of aryl methyl sites for hydroxylation is 9. The number of thiazole rings is 1. The molecule has 0 atom stereocenters. The molecule has 8 rings (SSSR count). The maximum atomic E-state index is 13.4. The number of anilines is 2.